The number of likely N-dealkylation sites (tertiary alicyclic amines) is 2. The van der Waals surface area contributed by atoms with E-state index in [1.54, 1.807) is 0 Å². The second-order valence-corrected chi connectivity index (χ2v) is 8.49. The summed E-state index contributed by atoms with van der Waals surface area (Å²) in [6.45, 7) is 4.39. The van der Waals surface area contributed by atoms with Crippen molar-refractivity contribution in [2.45, 2.75) is 44.8 Å². The summed E-state index contributed by atoms with van der Waals surface area (Å²) in [5.74, 6) is 0.817. The van der Waals surface area contributed by atoms with Crippen LogP contribution in [0.25, 0.3) is 11.0 Å². The Balaban J connectivity index is 1.20. The Morgan fingerprint density at radius 3 is 2.61 bits per heavy atom. The Labute approximate surface area is 181 Å². The van der Waals surface area contributed by atoms with Gasteiger partial charge in [0, 0.05) is 32.7 Å². The topological polar surface area (TPSA) is 71.7 Å². The van der Waals surface area contributed by atoms with Gasteiger partial charge in [-0.3, -0.25) is 9.69 Å². The minimum Gasteiger partial charge on any atom is -0.489 e. The third kappa shape index (κ3) is 4.42. The van der Waals surface area contributed by atoms with E-state index < -0.39 is 0 Å². The molecule has 3 heterocycles. The van der Waals surface area contributed by atoms with Gasteiger partial charge in [-0.1, -0.05) is 24.3 Å². The molecule has 31 heavy (non-hydrogen) atoms. The van der Waals surface area contributed by atoms with Crippen molar-refractivity contribution in [3.05, 3.63) is 53.6 Å². The standard InChI is InChI=1S/C24H28N4O3/c29-24(28-13-4-1-5-14-28)20-8-2-3-10-22(20)30-19-11-15-27(16-12-19)17-18-7-6-9-21-23(18)26-31-25-21/h2-3,6-10,19H,1,4-5,11-17H2. The third-order valence-electron chi connectivity index (χ3n) is 6.35. The van der Waals surface area contributed by atoms with E-state index in [4.69, 9.17) is 9.37 Å². The number of carbonyl (C=O) groups excluding carboxylic acids is 1. The molecule has 0 aliphatic carbocycles. The van der Waals surface area contributed by atoms with Crippen LogP contribution in [0, 0.1) is 0 Å². The third-order valence-corrected chi connectivity index (χ3v) is 6.35. The molecule has 0 bridgehead atoms. The van der Waals surface area contributed by atoms with Crippen molar-refractivity contribution in [3.8, 4) is 5.75 Å². The maximum Gasteiger partial charge on any atom is 0.257 e. The molecule has 2 saturated heterocycles. The number of aromatic nitrogens is 2. The van der Waals surface area contributed by atoms with E-state index in [0.717, 1.165) is 80.8 Å². The molecule has 0 radical (unpaired) electrons. The summed E-state index contributed by atoms with van der Waals surface area (Å²) in [4.78, 5) is 17.4. The molecule has 3 aromatic rings. The summed E-state index contributed by atoms with van der Waals surface area (Å²) in [5, 5.41) is 7.98. The zero-order chi connectivity index (χ0) is 21.0. The molecule has 0 saturated carbocycles. The van der Waals surface area contributed by atoms with Crippen LogP contribution in [0.15, 0.2) is 47.1 Å². The lowest BCUT2D eigenvalue weighted by molar-refractivity contribution is 0.0702. The van der Waals surface area contributed by atoms with Crippen molar-refractivity contribution in [1.82, 2.24) is 20.1 Å². The lowest BCUT2D eigenvalue weighted by Crippen LogP contribution is -2.38. The van der Waals surface area contributed by atoms with Crippen molar-refractivity contribution in [3.63, 3.8) is 0 Å². The van der Waals surface area contributed by atoms with Crippen LogP contribution in [-0.4, -0.2) is 58.3 Å². The highest BCUT2D eigenvalue weighted by molar-refractivity contribution is 5.97. The van der Waals surface area contributed by atoms with Crippen molar-refractivity contribution < 1.29 is 14.2 Å². The summed E-state index contributed by atoms with van der Waals surface area (Å²) in [6.07, 6.45) is 5.37. The molecule has 0 spiro atoms. The quantitative estimate of drug-likeness (QED) is 0.624. The first-order valence-corrected chi connectivity index (χ1v) is 11.3. The highest BCUT2D eigenvalue weighted by Crippen LogP contribution is 2.26. The Kier molecular flexibility index (Phi) is 5.84. The number of hydrogen-bond donors (Lipinski definition) is 0. The van der Waals surface area contributed by atoms with Gasteiger partial charge in [-0.05, 0) is 66.2 Å². The van der Waals surface area contributed by atoms with Crippen molar-refractivity contribution in [2.24, 2.45) is 0 Å². The lowest BCUT2D eigenvalue weighted by atomic mass is 10.1. The van der Waals surface area contributed by atoms with Gasteiger partial charge < -0.3 is 9.64 Å². The van der Waals surface area contributed by atoms with Gasteiger partial charge in [-0.25, -0.2) is 4.63 Å². The van der Waals surface area contributed by atoms with Gasteiger partial charge in [-0.15, -0.1) is 0 Å². The Hall–Kier alpha value is -2.93. The highest BCUT2D eigenvalue weighted by atomic mass is 16.6. The van der Waals surface area contributed by atoms with Gasteiger partial charge in [-0.2, -0.15) is 0 Å². The number of benzene rings is 2. The first-order valence-electron chi connectivity index (χ1n) is 11.3. The zero-order valence-corrected chi connectivity index (χ0v) is 17.7. The van der Waals surface area contributed by atoms with Gasteiger partial charge in [0.1, 0.15) is 22.9 Å². The highest BCUT2D eigenvalue weighted by Gasteiger charge is 2.25. The summed E-state index contributed by atoms with van der Waals surface area (Å²) in [6, 6.07) is 13.7. The predicted molar refractivity (Wildman–Crippen MR) is 117 cm³/mol. The average Bonchev–Trinajstić information content (AvgIpc) is 3.31. The molecule has 7 heteroatoms. The molecular weight excluding hydrogens is 392 g/mol. The van der Waals surface area contributed by atoms with Crippen LogP contribution in [0.2, 0.25) is 0 Å². The molecule has 1 amide bonds. The van der Waals surface area contributed by atoms with Crippen molar-refractivity contribution >= 4 is 16.9 Å². The molecule has 2 aliphatic rings. The minimum absolute atomic E-state index is 0.0991. The second kappa shape index (κ2) is 9.06. The SMILES string of the molecule is O=C(c1ccccc1OC1CCN(Cc2cccc3nonc23)CC1)N1CCCCC1. The number of carbonyl (C=O) groups is 1. The van der Waals surface area contributed by atoms with Gasteiger partial charge in [0.05, 0.1) is 5.56 Å². The van der Waals surface area contributed by atoms with Gasteiger partial charge in [0.15, 0.2) is 0 Å². The smallest absolute Gasteiger partial charge is 0.257 e. The molecule has 2 aromatic carbocycles. The summed E-state index contributed by atoms with van der Waals surface area (Å²) in [7, 11) is 0. The molecule has 5 rings (SSSR count). The lowest BCUT2D eigenvalue weighted by Gasteiger charge is -2.33. The van der Waals surface area contributed by atoms with E-state index in [0.29, 0.717) is 5.56 Å². The van der Waals surface area contributed by atoms with Crippen LogP contribution in [0.5, 0.6) is 5.75 Å². The monoisotopic (exact) mass is 420 g/mol. The van der Waals surface area contributed by atoms with E-state index >= 15 is 0 Å². The summed E-state index contributed by atoms with van der Waals surface area (Å²) in [5.41, 5.74) is 3.46. The number of hydrogen-bond acceptors (Lipinski definition) is 6. The van der Waals surface area contributed by atoms with Crippen LogP contribution in [-0.2, 0) is 6.54 Å². The van der Waals surface area contributed by atoms with E-state index in [9.17, 15) is 4.79 Å². The maximum atomic E-state index is 13.0. The Bertz CT molecular complexity index is 1040. The number of amides is 1. The molecule has 0 unspecified atom stereocenters. The average molecular weight is 421 g/mol. The fourth-order valence-corrected chi connectivity index (χ4v) is 4.61. The fourth-order valence-electron chi connectivity index (χ4n) is 4.61. The van der Waals surface area contributed by atoms with Crippen LogP contribution in [0.1, 0.15) is 48.0 Å². The molecule has 0 atom stereocenters. The van der Waals surface area contributed by atoms with Crippen LogP contribution >= 0.6 is 0 Å². The maximum absolute atomic E-state index is 13.0. The van der Waals surface area contributed by atoms with Crippen molar-refractivity contribution in [1.29, 1.82) is 0 Å². The normalized spacial score (nSPS) is 18.4. The number of piperidine rings is 2. The summed E-state index contributed by atoms with van der Waals surface area (Å²) < 4.78 is 11.2. The Morgan fingerprint density at radius 1 is 0.968 bits per heavy atom. The molecular formula is C24H28N4O3. The van der Waals surface area contributed by atoms with E-state index in [1.807, 2.05) is 41.3 Å². The van der Waals surface area contributed by atoms with Crippen LogP contribution < -0.4 is 4.74 Å². The summed E-state index contributed by atoms with van der Waals surface area (Å²) >= 11 is 0. The molecule has 2 aliphatic heterocycles. The van der Waals surface area contributed by atoms with E-state index in [1.165, 1.54) is 6.42 Å². The molecule has 0 N–H and O–H groups in total. The molecule has 2 fully saturated rings. The van der Waals surface area contributed by atoms with Crippen molar-refractivity contribution in [2.75, 3.05) is 26.2 Å². The Morgan fingerprint density at radius 2 is 1.77 bits per heavy atom. The largest absolute Gasteiger partial charge is 0.489 e. The first kappa shape index (κ1) is 20.0. The minimum atomic E-state index is 0.0991. The number of fused-ring (bicyclic) bond motifs is 1. The first-order chi connectivity index (χ1) is 15.3. The van der Waals surface area contributed by atoms with Gasteiger partial charge in [0.2, 0.25) is 0 Å². The predicted octanol–water partition coefficient (Wildman–Crippen LogP) is 3.89. The molecule has 1 aromatic heterocycles. The van der Waals surface area contributed by atoms with Crippen LogP contribution in [0.3, 0.4) is 0 Å². The molecule has 162 valence electrons. The number of ether oxygens (including phenoxy) is 1. The number of rotatable bonds is 5. The number of nitrogens with zero attached hydrogens (tertiary/aromatic N) is 4. The second-order valence-electron chi connectivity index (χ2n) is 8.49. The van der Waals surface area contributed by atoms with Crippen LogP contribution in [0.4, 0.5) is 0 Å². The van der Waals surface area contributed by atoms with E-state index in [2.05, 4.69) is 21.3 Å². The number of para-hydroxylation sites is 1. The van der Waals surface area contributed by atoms with E-state index in [-0.39, 0.29) is 12.0 Å². The fraction of sp³-hybridized carbons (Fsp3) is 0.458. The van der Waals surface area contributed by atoms with Gasteiger partial charge in [0.25, 0.3) is 5.91 Å². The van der Waals surface area contributed by atoms with Gasteiger partial charge >= 0.3 is 0 Å². The molecule has 7 nitrogen and oxygen atoms in total. The zero-order valence-electron chi connectivity index (χ0n) is 17.7.